The predicted molar refractivity (Wildman–Crippen MR) is 66.2 cm³/mol. The molecule has 1 fully saturated rings. The van der Waals surface area contributed by atoms with Crippen LogP contribution in [0.5, 0.6) is 5.75 Å². The molecule has 1 aliphatic rings. The fourth-order valence-corrected chi connectivity index (χ4v) is 2.28. The molecular formula is C14H17NO. The van der Waals surface area contributed by atoms with E-state index in [2.05, 4.69) is 37.0 Å². The van der Waals surface area contributed by atoms with Crippen molar-refractivity contribution in [3.63, 3.8) is 0 Å². The van der Waals surface area contributed by atoms with E-state index in [1.165, 1.54) is 35.0 Å². The molecule has 2 heteroatoms. The molecule has 2 nitrogen and oxygen atoms in total. The van der Waals surface area contributed by atoms with Crippen LogP contribution in [-0.4, -0.2) is 12.1 Å². The molecule has 1 saturated carbocycles. The zero-order chi connectivity index (χ0) is 11.3. The number of benzene rings is 1. The van der Waals surface area contributed by atoms with Crippen LogP contribution in [0.1, 0.15) is 31.0 Å². The van der Waals surface area contributed by atoms with Crippen molar-refractivity contribution in [3.8, 4) is 5.75 Å². The molecule has 0 radical (unpaired) electrons. The first-order valence-electron chi connectivity index (χ1n) is 5.80. The maximum Gasteiger partial charge on any atom is 0.123 e. The normalized spacial score (nSPS) is 17.7. The third-order valence-electron chi connectivity index (χ3n) is 3.79. The van der Waals surface area contributed by atoms with Crippen molar-refractivity contribution in [1.29, 1.82) is 0 Å². The summed E-state index contributed by atoms with van der Waals surface area (Å²) < 4.78 is 5.34. The highest BCUT2D eigenvalue weighted by molar-refractivity contribution is 5.83. The lowest BCUT2D eigenvalue weighted by molar-refractivity contribution is 0.412. The van der Waals surface area contributed by atoms with Crippen molar-refractivity contribution in [2.45, 2.75) is 32.1 Å². The maximum atomic E-state index is 5.34. The van der Waals surface area contributed by atoms with Gasteiger partial charge < -0.3 is 9.72 Å². The maximum absolute atomic E-state index is 5.34. The van der Waals surface area contributed by atoms with Crippen LogP contribution in [0.4, 0.5) is 0 Å². The summed E-state index contributed by atoms with van der Waals surface area (Å²) in [5.74, 6) is 0.960. The summed E-state index contributed by atoms with van der Waals surface area (Å²) in [7, 11) is 1.72. The first kappa shape index (κ1) is 9.76. The van der Waals surface area contributed by atoms with Crippen molar-refractivity contribution in [3.05, 3.63) is 29.5 Å². The Hall–Kier alpha value is -1.44. The molecule has 1 aromatic heterocycles. The first-order valence-corrected chi connectivity index (χ1v) is 5.80. The smallest absolute Gasteiger partial charge is 0.123 e. The number of rotatable bonds is 2. The van der Waals surface area contributed by atoms with Crippen LogP contribution in [0.25, 0.3) is 10.9 Å². The molecule has 2 aromatic rings. The Morgan fingerprint density at radius 3 is 2.62 bits per heavy atom. The number of aryl methyl sites for hydroxylation is 1. The minimum atomic E-state index is 0.403. The predicted octanol–water partition coefficient (Wildman–Crippen LogP) is 3.54. The van der Waals surface area contributed by atoms with Gasteiger partial charge in [0.1, 0.15) is 5.75 Å². The molecule has 84 valence electrons. The zero-order valence-electron chi connectivity index (χ0n) is 10.1. The van der Waals surface area contributed by atoms with E-state index < -0.39 is 0 Å². The van der Waals surface area contributed by atoms with Gasteiger partial charge in [-0.1, -0.05) is 6.92 Å². The second kappa shape index (κ2) is 3.03. The summed E-state index contributed by atoms with van der Waals surface area (Å²) in [4.78, 5) is 3.52. The number of methoxy groups -OCH3 is 1. The van der Waals surface area contributed by atoms with Gasteiger partial charge in [0.05, 0.1) is 7.11 Å². The minimum Gasteiger partial charge on any atom is -0.496 e. The fourth-order valence-electron chi connectivity index (χ4n) is 2.28. The quantitative estimate of drug-likeness (QED) is 0.814. The Morgan fingerprint density at radius 2 is 2.00 bits per heavy atom. The molecule has 16 heavy (non-hydrogen) atoms. The molecule has 0 saturated heterocycles. The highest BCUT2D eigenvalue weighted by Crippen LogP contribution is 2.47. The van der Waals surface area contributed by atoms with Crippen LogP contribution in [-0.2, 0) is 5.41 Å². The molecule has 1 aliphatic carbocycles. The number of fused-ring (bicyclic) bond motifs is 1. The van der Waals surface area contributed by atoms with Crippen molar-refractivity contribution in [2.75, 3.05) is 7.11 Å². The highest BCUT2D eigenvalue weighted by Gasteiger charge is 2.40. The Labute approximate surface area is 95.6 Å². The summed E-state index contributed by atoms with van der Waals surface area (Å²) in [5.41, 5.74) is 4.15. The van der Waals surface area contributed by atoms with Gasteiger partial charge in [0, 0.05) is 28.1 Å². The molecular weight excluding hydrogens is 198 g/mol. The number of ether oxygens (including phenoxy) is 1. The molecule has 0 bridgehead atoms. The number of aromatic amines is 1. The summed E-state index contributed by atoms with van der Waals surface area (Å²) in [6.45, 7) is 4.41. The summed E-state index contributed by atoms with van der Waals surface area (Å²) in [6, 6.07) is 6.58. The average Bonchev–Trinajstić information content (AvgIpc) is 2.88. The molecule has 0 atom stereocenters. The van der Waals surface area contributed by atoms with Crippen LogP contribution in [0.3, 0.4) is 0 Å². The van der Waals surface area contributed by atoms with Crippen molar-refractivity contribution in [1.82, 2.24) is 4.98 Å². The first-order chi connectivity index (χ1) is 7.62. The van der Waals surface area contributed by atoms with Gasteiger partial charge in [0.2, 0.25) is 0 Å². The molecule has 1 N–H and O–H groups in total. The lowest BCUT2D eigenvalue weighted by Gasteiger charge is -2.04. The second-order valence-electron chi connectivity index (χ2n) is 5.15. The Bertz CT molecular complexity index is 549. The molecule has 0 amide bonds. The fraction of sp³-hybridized carbons (Fsp3) is 0.429. The zero-order valence-corrected chi connectivity index (χ0v) is 10.1. The van der Waals surface area contributed by atoms with Gasteiger partial charge in [0.15, 0.2) is 0 Å². The number of aromatic nitrogens is 1. The SMILES string of the molecule is COc1cc2[nH]c(C3(C)CC3)cc2cc1C. The van der Waals surface area contributed by atoms with E-state index in [4.69, 9.17) is 4.74 Å². The van der Waals surface area contributed by atoms with Crippen LogP contribution < -0.4 is 4.74 Å². The van der Waals surface area contributed by atoms with E-state index in [1.54, 1.807) is 7.11 Å². The Kier molecular flexibility index (Phi) is 1.85. The Balaban J connectivity index is 2.17. The molecule has 1 heterocycles. The van der Waals surface area contributed by atoms with E-state index >= 15 is 0 Å². The van der Waals surface area contributed by atoms with E-state index in [9.17, 15) is 0 Å². The largest absolute Gasteiger partial charge is 0.496 e. The van der Waals surface area contributed by atoms with Crippen molar-refractivity contribution < 1.29 is 4.74 Å². The van der Waals surface area contributed by atoms with Crippen LogP contribution in [0.15, 0.2) is 18.2 Å². The highest BCUT2D eigenvalue weighted by atomic mass is 16.5. The third kappa shape index (κ3) is 1.33. The van der Waals surface area contributed by atoms with Gasteiger partial charge in [-0.05, 0) is 37.5 Å². The summed E-state index contributed by atoms with van der Waals surface area (Å²) in [6.07, 6.45) is 2.60. The molecule has 0 aliphatic heterocycles. The lowest BCUT2D eigenvalue weighted by Crippen LogP contribution is -1.98. The summed E-state index contributed by atoms with van der Waals surface area (Å²) >= 11 is 0. The average molecular weight is 215 g/mol. The number of nitrogens with one attached hydrogen (secondary N) is 1. The van der Waals surface area contributed by atoms with E-state index in [-0.39, 0.29) is 0 Å². The van der Waals surface area contributed by atoms with Crippen LogP contribution in [0.2, 0.25) is 0 Å². The van der Waals surface area contributed by atoms with Crippen LogP contribution >= 0.6 is 0 Å². The van der Waals surface area contributed by atoms with Gasteiger partial charge >= 0.3 is 0 Å². The van der Waals surface area contributed by atoms with E-state index in [0.717, 1.165) is 5.75 Å². The van der Waals surface area contributed by atoms with E-state index in [1.807, 2.05) is 0 Å². The number of hydrogen-bond donors (Lipinski definition) is 1. The second-order valence-corrected chi connectivity index (χ2v) is 5.15. The Morgan fingerprint density at radius 1 is 1.25 bits per heavy atom. The lowest BCUT2D eigenvalue weighted by atomic mass is 10.1. The molecule has 1 aromatic carbocycles. The minimum absolute atomic E-state index is 0.403. The van der Waals surface area contributed by atoms with E-state index in [0.29, 0.717) is 5.41 Å². The summed E-state index contributed by atoms with van der Waals surface area (Å²) in [5, 5.41) is 1.29. The topological polar surface area (TPSA) is 25.0 Å². The number of H-pyrrole nitrogens is 1. The van der Waals surface area contributed by atoms with Gasteiger partial charge in [0.25, 0.3) is 0 Å². The monoisotopic (exact) mass is 215 g/mol. The van der Waals surface area contributed by atoms with Gasteiger partial charge in [-0.15, -0.1) is 0 Å². The van der Waals surface area contributed by atoms with Gasteiger partial charge in [-0.25, -0.2) is 0 Å². The van der Waals surface area contributed by atoms with Crippen molar-refractivity contribution in [2.24, 2.45) is 0 Å². The third-order valence-corrected chi connectivity index (χ3v) is 3.79. The molecule has 0 unspecified atom stereocenters. The standard InChI is InChI=1S/C14H17NO/c1-9-6-10-7-13(14(2)4-5-14)15-11(10)8-12(9)16-3/h6-8,15H,4-5H2,1-3H3. The molecule has 3 rings (SSSR count). The van der Waals surface area contributed by atoms with Gasteiger partial charge in [-0.2, -0.15) is 0 Å². The van der Waals surface area contributed by atoms with Crippen molar-refractivity contribution >= 4 is 10.9 Å². The number of hydrogen-bond acceptors (Lipinski definition) is 1. The van der Waals surface area contributed by atoms with Crippen LogP contribution in [0, 0.1) is 6.92 Å². The molecule has 0 spiro atoms. The van der Waals surface area contributed by atoms with Gasteiger partial charge in [-0.3, -0.25) is 0 Å².